The quantitative estimate of drug-likeness (QED) is 0.559. The zero-order valence-corrected chi connectivity index (χ0v) is 8.64. The predicted octanol–water partition coefficient (Wildman–Crippen LogP) is 2.53. The number of alkyl halides is 4. The van der Waals surface area contributed by atoms with Gasteiger partial charge in [-0.05, 0) is 0 Å². The van der Waals surface area contributed by atoms with E-state index >= 15 is 0 Å². The van der Waals surface area contributed by atoms with Gasteiger partial charge in [0.1, 0.15) is 11.4 Å². The molecule has 0 aromatic carbocycles. The fraction of sp³-hybridized carbons (Fsp3) is 0.800. The molecule has 2 nitrogen and oxygen atoms in total. The van der Waals surface area contributed by atoms with Gasteiger partial charge in [-0.15, -0.1) is 23.2 Å². The Morgan fingerprint density at radius 1 is 1.55 bits per heavy atom. The van der Waals surface area contributed by atoms with Crippen LogP contribution in [0.15, 0.2) is 0 Å². The van der Waals surface area contributed by atoms with E-state index in [1.54, 1.807) is 0 Å². The smallest absolute Gasteiger partial charge is 0.302 e. The molecule has 0 rings (SSSR count). The second kappa shape index (κ2) is 4.61. The molecule has 0 unspecified atom stereocenters. The van der Waals surface area contributed by atoms with Crippen molar-refractivity contribution in [2.45, 2.75) is 16.1 Å². The Balaban J connectivity index is 3.82. The number of hydrogen-bond acceptors (Lipinski definition) is 2. The van der Waals surface area contributed by atoms with Gasteiger partial charge in [-0.25, -0.2) is 0 Å². The van der Waals surface area contributed by atoms with Crippen LogP contribution >= 0.6 is 46.4 Å². The monoisotopic (exact) mass is 238 g/mol. The van der Waals surface area contributed by atoms with Gasteiger partial charge in [0.05, 0.1) is 0 Å². The third-order valence-corrected chi connectivity index (χ3v) is 2.63. The van der Waals surface area contributed by atoms with Gasteiger partial charge < -0.3 is 4.74 Å². The first-order chi connectivity index (χ1) is 4.86. The standard InChI is InChI=1S/C5H6Cl4O2/c1-3(10)11-2-5(8,9)4(6)7/h4H,2H2,1H3. The molecule has 66 valence electrons. The molecule has 0 aromatic rings. The summed E-state index contributed by atoms with van der Waals surface area (Å²) in [6, 6.07) is 0. The molecular weight excluding hydrogens is 234 g/mol. The van der Waals surface area contributed by atoms with Crippen LogP contribution in [0.4, 0.5) is 0 Å². The summed E-state index contributed by atoms with van der Waals surface area (Å²) in [6.07, 6.45) is 0. The summed E-state index contributed by atoms with van der Waals surface area (Å²) >= 11 is 21.8. The van der Waals surface area contributed by atoms with Crippen LogP contribution in [-0.2, 0) is 9.53 Å². The van der Waals surface area contributed by atoms with E-state index < -0.39 is 15.1 Å². The van der Waals surface area contributed by atoms with Crippen molar-refractivity contribution < 1.29 is 9.53 Å². The summed E-state index contributed by atoms with van der Waals surface area (Å²) in [5.74, 6) is -0.482. The van der Waals surface area contributed by atoms with Crippen molar-refractivity contribution in [3.8, 4) is 0 Å². The molecule has 6 heteroatoms. The molecule has 0 atom stereocenters. The molecule has 0 aliphatic rings. The van der Waals surface area contributed by atoms with Gasteiger partial charge in [0, 0.05) is 6.92 Å². The summed E-state index contributed by atoms with van der Waals surface area (Å²) in [5.41, 5.74) is 0. The topological polar surface area (TPSA) is 26.3 Å². The van der Waals surface area contributed by atoms with Gasteiger partial charge in [0.15, 0.2) is 4.33 Å². The van der Waals surface area contributed by atoms with Gasteiger partial charge >= 0.3 is 5.97 Å². The normalized spacial score (nSPS) is 11.8. The van der Waals surface area contributed by atoms with Gasteiger partial charge in [-0.1, -0.05) is 23.2 Å². The van der Waals surface area contributed by atoms with E-state index in [9.17, 15) is 4.79 Å². The van der Waals surface area contributed by atoms with Crippen molar-refractivity contribution in [2.75, 3.05) is 6.61 Å². The summed E-state index contributed by atoms with van der Waals surface area (Å²) in [4.78, 5) is 9.29. The Labute approximate surface area is 84.7 Å². The number of halogens is 4. The molecular formula is C5H6Cl4O2. The molecule has 0 amide bonds. The Hall–Kier alpha value is 0.630. The van der Waals surface area contributed by atoms with Crippen LogP contribution in [0.3, 0.4) is 0 Å². The highest BCUT2D eigenvalue weighted by atomic mass is 35.5. The van der Waals surface area contributed by atoms with E-state index in [0.29, 0.717) is 0 Å². The number of carbonyl (C=O) groups excluding carboxylic acids is 1. The molecule has 0 fully saturated rings. The summed E-state index contributed by atoms with van der Waals surface area (Å²) in [6.45, 7) is 1.02. The predicted molar refractivity (Wildman–Crippen MR) is 46.6 cm³/mol. The van der Waals surface area contributed by atoms with Crippen LogP contribution in [0.2, 0.25) is 0 Å². The van der Waals surface area contributed by atoms with Gasteiger partial charge in [-0.2, -0.15) is 0 Å². The summed E-state index contributed by atoms with van der Waals surface area (Å²) in [7, 11) is 0. The van der Waals surface area contributed by atoms with Crippen molar-refractivity contribution in [3.63, 3.8) is 0 Å². The summed E-state index contributed by atoms with van der Waals surface area (Å²) in [5, 5.41) is 0. The lowest BCUT2D eigenvalue weighted by Gasteiger charge is -2.19. The van der Waals surface area contributed by atoms with Crippen LogP contribution < -0.4 is 0 Å². The van der Waals surface area contributed by atoms with Gasteiger partial charge in [0.25, 0.3) is 0 Å². The number of esters is 1. The Morgan fingerprint density at radius 2 is 2.00 bits per heavy atom. The van der Waals surface area contributed by atoms with Crippen LogP contribution in [0.1, 0.15) is 6.92 Å². The average Bonchev–Trinajstić information content (AvgIpc) is 1.84. The Morgan fingerprint density at radius 3 is 2.27 bits per heavy atom. The first-order valence-electron chi connectivity index (χ1n) is 2.65. The highest BCUT2D eigenvalue weighted by Gasteiger charge is 2.33. The lowest BCUT2D eigenvalue weighted by atomic mass is 10.5. The highest BCUT2D eigenvalue weighted by Crippen LogP contribution is 2.32. The third-order valence-electron chi connectivity index (χ3n) is 0.787. The van der Waals surface area contributed by atoms with Crippen molar-refractivity contribution >= 4 is 52.4 Å². The molecule has 11 heavy (non-hydrogen) atoms. The molecule has 0 aromatic heterocycles. The lowest BCUT2D eigenvalue weighted by Crippen LogP contribution is -2.29. The molecule has 0 bridgehead atoms. The largest absolute Gasteiger partial charge is 0.463 e. The molecule has 0 saturated carbocycles. The minimum Gasteiger partial charge on any atom is -0.463 e. The number of ether oxygens (including phenoxy) is 1. The second-order valence-electron chi connectivity index (χ2n) is 1.84. The Kier molecular flexibility index (Phi) is 4.87. The van der Waals surface area contributed by atoms with Crippen LogP contribution in [0.5, 0.6) is 0 Å². The average molecular weight is 240 g/mol. The first kappa shape index (κ1) is 11.6. The summed E-state index contributed by atoms with van der Waals surface area (Å²) < 4.78 is 3.06. The fourth-order valence-electron chi connectivity index (χ4n) is 0.261. The first-order valence-corrected chi connectivity index (χ1v) is 4.28. The zero-order valence-electron chi connectivity index (χ0n) is 5.61. The second-order valence-corrected chi connectivity index (χ2v) is 4.48. The maximum absolute atomic E-state index is 10.3. The van der Waals surface area contributed by atoms with Crippen LogP contribution in [0, 0.1) is 0 Å². The minimum absolute atomic E-state index is 0.219. The minimum atomic E-state index is -1.44. The molecule has 0 aliphatic carbocycles. The molecule has 0 saturated heterocycles. The SMILES string of the molecule is CC(=O)OCC(Cl)(Cl)C(Cl)Cl. The third kappa shape index (κ3) is 4.96. The van der Waals surface area contributed by atoms with Crippen molar-refractivity contribution in [2.24, 2.45) is 0 Å². The zero-order chi connectivity index (χ0) is 9.07. The van der Waals surface area contributed by atoms with Crippen molar-refractivity contribution in [1.29, 1.82) is 0 Å². The van der Waals surface area contributed by atoms with E-state index in [-0.39, 0.29) is 6.61 Å². The van der Waals surface area contributed by atoms with E-state index in [0.717, 1.165) is 0 Å². The molecule has 0 N–H and O–H groups in total. The van der Waals surface area contributed by atoms with Gasteiger partial charge in [-0.3, -0.25) is 4.79 Å². The van der Waals surface area contributed by atoms with Gasteiger partial charge in [0.2, 0.25) is 0 Å². The fourth-order valence-corrected chi connectivity index (χ4v) is 0.496. The molecule has 0 spiro atoms. The number of carbonyl (C=O) groups is 1. The number of rotatable bonds is 3. The molecule has 0 aliphatic heterocycles. The van der Waals surface area contributed by atoms with E-state index in [4.69, 9.17) is 46.4 Å². The van der Waals surface area contributed by atoms with Crippen LogP contribution in [0.25, 0.3) is 0 Å². The number of hydrogen-bond donors (Lipinski definition) is 0. The maximum Gasteiger partial charge on any atom is 0.302 e. The van der Waals surface area contributed by atoms with E-state index in [2.05, 4.69) is 4.74 Å². The van der Waals surface area contributed by atoms with E-state index in [1.165, 1.54) is 6.92 Å². The maximum atomic E-state index is 10.3. The van der Waals surface area contributed by atoms with Crippen LogP contribution in [-0.4, -0.2) is 21.7 Å². The molecule has 0 radical (unpaired) electrons. The molecule has 0 heterocycles. The van der Waals surface area contributed by atoms with E-state index in [1.807, 2.05) is 0 Å². The van der Waals surface area contributed by atoms with Crippen molar-refractivity contribution in [3.05, 3.63) is 0 Å². The highest BCUT2D eigenvalue weighted by molar-refractivity contribution is 6.59. The lowest BCUT2D eigenvalue weighted by molar-refractivity contribution is -0.141. The van der Waals surface area contributed by atoms with Crippen molar-refractivity contribution in [1.82, 2.24) is 0 Å². The Bertz CT molecular complexity index is 145.